The Balaban J connectivity index is 2.96. The van der Waals surface area contributed by atoms with Crippen molar-refractivity contribution >= 4 is 23.5 Å². The number of rotatable bonds is 6. The van der Waals surface area contributed by atoms with Crippen LogP contribution in [0.3, 0.4) is 0 Å². The van der Waals surface area contributed by atoms with Crippen LogP contribution >= 0.6 is 11.6 Å². The number of aryl methyl sites for hydroxylation is 1. The monoisotopic (exact) mass is 256 g/mol. The highest BCUT2D eigenvalue weighted by atomic mass is 35.5. The van der Waals surface area contributed by atoms with Crippen LogP contribution in [0.25, 0.3) is 0 Å². The molecule has 0 aliphatic rings. The SMILES string of the molecule is O=C(O)c1ccc(CCCCCl)c(C(=O)O)c1. The highest BCUT2D eigenvalue weighted by molar-refractivity contribution is 6.17. The standard InChI is InChI=1S/C12H13ClO4/c13-6-2-1-3-8-4-5-9(11(14)15)7-10(8)12(16)17/h4-5,7H,1-3,6H2,(H,14,15)(H,16,17). The second-order valence-corrected chi connectivity index (χ2v) is 4.01. The van der Waals surface area contributed by atoms with Crippen molar-refractivity contribution in [3.63, 3.8) is 0 Å². The van der Waals surface area contributed by atoms with Crippen LogP contribution in [-0.4, -0.2) is 28.0 Å². The van der Waals surface area contributed by atoms with Gasteiger partial charge in [-0.25, -0.2) is 9.59 Å². The van der Waals surface area contributed by atoms with Crippen molar-refractivity contribution in [2.75, 3.05) is 5.88 Å². The van der Waals surface area contributed by atoms with E-state index in [0.717, 1.165) is 12.8 Å². The number of aromatic carboxylic acids is 2. The van der Waals surface area contributed by atoms with E-state index in [-0.39, 0.29) is 11.1 Å². The number of hydrogen-bond acceptors (Lipinski definition) is 2. The number of benzene rings is 1. The molecule has 0 unspecified atom stereocenters. The Kier molecular flexibility index (Phi) is 4.97. The zero-order chi connectivity index (χ0) is 12.8. The summed E-state index contributed by atoms with van der Waals surface area (Å²) < 4.78 is 0. The quantitative estimate of drug-likeness (QED) is 0.606. The fourth-order valence-electron chi connectivity index (χ4n) is 1.54. The summed E-state index contributed by atoms with van der Waals surface area (Å²) in [7, 11) is 0. The fraction of sp³-hybridized carbons (Fsp3) is 0.333. The minimum Gasteiger partial charge on any atom is -0.478 e. The molecule has 0 saturated heterocycles. The third-order valence-electron chi connectivity index (χ3n) is 2.42. The Bertz CT molecular complexity index is 429. The van der Waals surface area contributed by atoms with Gasteiger partial charge >= 0.3 is 11.9 Å². The number of hydrogen-bond donors (Lipinski definition) is 2. The van der Waals surface area contributed by atoms with E-state index in [1.54, 1.807) is 6.07 Å². The van der Waals surface area contributed by atoms with Gasteiger partial charge in [-0.05, 0) is 37.0 Å². The fourth-order valence-corrected chi connectivity index (χ4v) is 1.73. The average Bonchev–Trinajstić information content (AvgIpc) is 2.29. The summed E-state index contributed by atoms with van der Waals surface area (Å²) in [5.41, 5.74) is 0.690. The maximum Gasteiger partial charge on any atom is 0.335 e. The first-order chi connectivity index (χ1) is 8.06. The first kappa shape index (κ1) is 13.5. The maximum absolute atomic E-state index is 11.0. The van der Waals surface area contributed by atoms with E-state index in [0.29, 0.717) is 17.9 Å². The first-order valence-corrected chi connectivity index (χ1v) is 5.75. The van der Waals surface area contributed by atoms with Gasteiger partial charge in [-0.2, -0.15) is 0 Å². The van der Waals surface area contributed by atoms with Crippen LogP contribution < -0.4 is 0 Å². The van der Waals surface area contributed by atoms with Gasteiger partial charge < -0.3 is 10.2 Å². The third kappa shape index (κ3) is 3.75. The van der Waals surface area contributed by atoms with Crippen molar-refractivity contribution in [2.24, 2.45) is 0 Å². The Hall–Kier alpha value is -1.55. The molecule has 1 rings (SSSR count). The van der Waals surface area contributed by atoms with Crippen molar-refractivity contribution in [1.29, 1.82) is 0 Å². The zero-order valence-corrected chi connectivity index (χ0v) is 9.91. The van der Waals surface area contributed by atoms with E-state index in [1.165, 1.54) is 12.1 Å². The van der Waals surface area contributed by atoms with Crippen molar-refractivity contribution in [1.82, 2.24) is 0 Å². The number of carbonyl (C=O) groups is 2. The topological polar surface area (TPSA) is 74.6 Å². The summed E-state index contributed by atoms with van der Waals surface area (Å²) in [6.45, 7) is 0. The van der Waals surface area contributed by atoms with Gasteiger partial charge in [0.15, 0.2) is 0 Å². The molecule has 0 aliphatic heterocycles. The molecule has 0 heterocycles. The van der Waals surface area contributed by atoms with Crippen LogP contribution in [-0.2, 0) is 6.42 Å². The second-order valence-electron chi connectivity index (χ2n) is 3.63. The molecule has 0 fully saturated rings. The molecule has 17 heavy (non-hydrogen) atoms. The Labute approximate surface area is 104 Å². The molecule has 0 radical (unpaired) electrons. The molecule has 2 N–H and O–H groups in total. The summed E-state index contributed by atoms with van der Waals surface area (Å²) in [6, 6.07) is 4.17. The lowest BCUT2D eigenvalue weighted by molar-refractivity contribution is 0.0695. The summed E-state index contributed by atoms with van der Waals surface area (Å²) >= 11 is 5.54. The molecule has 4 nitrogen and oxygen atoms in total. The lowest BCUT2D eigenvalue weighted by Crippen LogP contribution is -2.06. The predicted molar refractivity (Wildman–Crippen MR) is 64.0 cm³/mol. The van der Waals surface area contributed by atoms with Crippen LogP contribution in [0.4, 0.5) is 0 Å². The normalized spacial score (nSPS) is 10.2. The number of unbranched alkanes of at least 4 members (excludes halogenated alkanes) is 1. The molecule has 0 aliphatic carbocycles. The summed E-state index contributed by atoms with van der Waals surface area (Å²) in [5, 5.41) is 17.8. The van der Waals surface area contributed by atoms with Crippen LogP contribution in [0, 0.1) is 0 Å². The molecule has 0 amide bonds. The number of carboxylic acids is 2. The summed E-state index contributed by atoms with van der Waals surface area (Å²) in [5.74, 6) is -1.69. The van der Waals surface area contributed by atoms with Crippen molar-refractivity contribution in [3.05, 3.63) is 34.9 Å². The Morgan fingerprint density at radius 1 is 1.12 bits per heavy atom. The zero-order valence-electron chi connectivity index (χ0n) is 9.15. The number of carboxylic acid groups (broad SMARTS) is 2. The van der Waals surface area contributed by atoms with Crippen LogP contribution in [0.15, 0.2) is 18.2 Å². The molecule has 0 aromatic heterocycles. The largest absolute Gasteiger partial charge is 0.478 e. The molecule has 1 aromatic rings. The average molecular weight is 257 g/mol. The van der Waals surface area contributed by atoms with Gasteiger partial charge in [0.1, 0.15) is 0 Å². The molecule has 0 bridgehead atoms. The third-order valence-corrected chi connectivity index (χ3v) is 2.68. The van der Waals surface area contributed by atoms with Crippen LogP contribution in [0.1, 0.15) is 39.1 Å². The molecular weight excluding hydrogens is 244 g/mol. The smallest absolute Gasteiger partial charge is 0.335 e. The highest BCUT2D eigenvalue weighted by Crippen LogP contribution is 2.15. The van der Waals surface area contributed by atoms with Crippen molar-refractivity contribution < 1.29 is 19.8 Å². The summed E-state index contributed by atoms with van der Waals surface area (Å²) in [6.07, 6.45) is 2.19. The van der Waals surface area contributed by atoms with Gasteiger partial charge in [0, 0.05) is 5.88 Å². The van der Waals surface area contributed by atoms with Crippen molar-refractivity contribution in [3.8, 4) is 0 Å². The highest BCUT2D eigenvalue weighted by Gasteiger charge is 2.13. The van der Waals surface area contributed by atoms with Gasteiger partial charge in [0.25, 0.3) is 0 Å². The van der Waals surface area contributed by atoms with Gasteiger partial charge in [-0.1, -0.05) is 6.07 Å². The molecule has 5 heteroatoms. The molecule has 0 saturated carbocycles. The van der Waals surface area contributed by atoms with Gasteiger partial charge in [0.2, 0.25) is 0 Å². The van der Waals surface area contributed by atoms with E-state index in [1.807, 2.05) is 0 Å². The molecule has 1 aromatic carbocycles. The number of halogens is 1. The molecule has 92 valence electrons. The first-order valence-electron chi connectivity index (χ1n) is 5.21. The second kappa shape index (κ2) is 6.25. The minimum atomic E-state index is -1.13. The maximum atomic E-state index is 11.0. The van der Waals surface area contributed by atoms with Gasteiger partial charge in [0.05, 0.1) is 11.1 Å². The Morgan fingerprint density at radius 3 is 2.35 bits per heavy atom. The van der Waals surface area contributed by atoms with E-state index < -0.39 is 11.9 Å². The van der Waals surface area contributed by atoms with E-state index in [4.69, 9.17) is 21.8 Å². The van der Waals surface area contributed by atoms with Gasteiger partial charge in [-0.3, -0.25) is 0 Å². The lowest BCUT2D eigenvalue weighted by Gasteiger charge is -2.06. The Morgan fingerprint density at radius 2 is 1.82 bits per heavy atom. The van der Waals surface area contributed by atoms with E-state index >= 15 is 0 Å². The van der Waals surface area contributed by atoms with Crippen LogP contribution in [0.2, 0.25) is 0 Å². The lowest BCUT2D eigenvalue weighted by atomic mass is 9.99. The summed E-state index contributed by atoms with van der Waals surface area (Å²) in [4.78, 5) is 21.7. The van der Waals surface area contributed by atoms with Gasteiger partial charge in [-0.15, -0.1) is 11.6 Å². The molecule has 0 spiro atoms. The number of alkyl halides is 1. The molecular formula is C12H13ClO4. The van der Waals surface area contributed by atoms with Crippen LogP contribution in [0.5, 0.6) is 0 Å². The van der Waals surface area contributed by atoms with Crippen molar-refractivity contribution in [2.45, 2.75) is 19.3 Å². The molecule has 0 atom stereocenters. The van der Waals surface area contributed by atoms with E-state index in [2.05, 4.69) is 0 Å². The predicted octanol–water partition coefficient (Wildman–Crippen LogP) is 2.64. The van der Waals surface area contributed by atoms with E-state index in [9.17, 15) is 9.59 Å². The minimum absolute atomic E-state index is 0.0107.